The van der Waals surface area contributed by atoms with Gasteiger partial charge in [0, 0.05) is 17.4 Å². The molecule has 22 heavy (non-hydrogen) atoms. The van der Waals surface area contributed by atoms with Crippen LogP contribution in [-0.2, 0) is 0 Å². The average Bonchev–Trinajstić information content (AvgIpc) is 2.45. The number of unbranched alkanes of at least 4 members (excludes halogenated alkanes) is 5. The summed E-state index contributed by atoms with van der Waals surface area (Å²) in [6, 6.07) is 0. The van der Waals surface area contributed by atoms with Gasteiger partial charge in [-0.15, -0.1) is 0 Å². The summed E-state index contributed by atoms with van der Waals surface area (Å²) in [4.78, 5) is 0. The Kier molecular flexibility index (Phi) is 15.9. The lowest BCUT2D eigenvalue weighted by Gasteiger charge is -2.29. The van der Waals surface area contributed by atoms with Crippen molar-refractivity contribution in [1.82, 2.24) is 0 Å². The first-order valence-corrected chi connectivity index (χ1v) is 12.3. The molecule has 5 heteroatoms. The summed E-state index contributed by atoms with van der Waals surface area (Å²) in [5.41, 5.74) is 0. The normalized spacial score (nSPS) is 15.0. The monoisotopic (exact) mass is 406 g/mol. The van der Waals surface area contributed by atoms with E-state index >= 15 is 0 Å². The Labute approximate surface area is 161 Å². The summed E-state index contributed by atoms with van der Waals surface area (Å²) < 4.78 is -1.13. The molecule has 2 atom stereocenters. The van der Waals surface area contributed by atoms with Gasteiger partial charge in [0.05, 0.1) is 0 Å². The summed E-state index contributed by atoms with van der Waals surface area (Å²) in [6.45, 7) is 6.71. The predicted octanol–water partition coefficient (Wildman–Crippen LogP) is 8.68. The summed E-state index contributed by atoms with van der Waals surface area (Å²) in [6.07, 6.45) is 12.4. The van der Waals surface area contributed by atoms with Crippen LogP contribution in [-0.4, -0.2) is 14.8 Å². The highest BCUT2D eigenvalue weighted by Crippen LogP contribution is 2.44. The Hall–Kier alpha value is 1.57. The maximum Gasteiger partial charge on any atom is 0.191 e. The molecule has 0 radical (unpaired) electrons. The maximum absolute atomic E-state index is 6.10. The fraction of sp³-hybridized carbons (Fsp3) is 1.00. The van der Waals surface area contributed by atoms with Gasteiger partial charge in [-0.1, -0.05) is 122 Å². The van der Waals surface area contributed by atoms with Gasteiger partial charge in [-0.2, -0.15) is 0 Å². The van der Waals surface area contributed by atoms with Crippen molar-refractivity contribution in [3.63, 3.8) is 0 Å². The summed E-state index contributed by atoms with van der Waals surface area (Å²) >= 11 is 18.3. The molecule has 0 spiro atoms. The minimum absolute atomic E-state index is 0.455. The Balaban J connectivity index is 4.59. The third-order valence-electron chi connectivity index (χ3n) is 3.87. The van der Waals surface area contributed by atoms with Gasteiger partial charge in [0.1, 0.15) is 0 Å². The van der Waals surface area contributed by atoms with Crippen LogP contribution in [0, 0.1) is 5.92 Å². The highest BCUT2D eigenvalue weighted by Gasteiger charge is 2.31. The van der Waals surface area contributed by atoms with Crippen molar-refractivity contribution in [2.45, 2.75) is 94.0 Å². The van der Waals surface area contributed by atoms with Gasteiger partial charge in [0.25, 0.3) is 0 Å². The quantitative estimate of drug-likeness (QED) is 0.160. The van der Waals surface area contributed by atoms with Crippen molar-refractivity contribution in [2.75, 3.05) is 5.75 Å². The van der Waals surface area contributed by atoms with Crippen LogP contribution in [0.5, 0.6) is 0 Å². The fourth-order valence-corrected chi connectivity index (χ4v) is 6.11. The highest BCUT2D eigenvalue weighted by molar-refractivity contribution is 8.76. The van der Waals surface area contributed by atoms with Crippen molar-refractivity contribution in [2.24, 2.45) is 5.92 Å². The smallest absolute Gasteiger partial charge is 0.0942 e. The number of halogens is 3. The second-order valence-electron chi connectivity index (χ2n) is 5.97. The molecule has 134 valence electrons. The van der Waals surface area contributed by atoms with Crippen LogP contribution < -0.4 is 0 Å². The maximum atomic E-state index is 6.10. The first kappa shape index (κ1) is 23.6. The summed E-state index contributed by atoms with van der Waals surface area (Å²) in [5, 5.41) is 0.455. The van der Waals surface area contributed by atoms with Gasteiger partial charge in [-0.25, -0.2) is 0 Å². The molecule has 0 rings (SSSR count). The molecule has 0 aliphatic carbocycles. The van der Waals surface area contributed by atoms with Gasteiger partial charge in [-0.05, 0) is 18.8 Å². The van der Waals surface area contributed by atoms with Gasteiger partial charge in [0.2, 0.25) is 0 Å². The fourth-order valence-electron chi connectivity index (χ4n) is 2.67. The van der Waals surface area contributed by atoms with Gasteiger partial charge in [-0.3, -0.25) is 0 Å². The van der Waals surface area contributed by atoms with E-state index in [9.17, 15) is 0 Å². The van der Waals surface area contributed by atoms with Crippen molar-refractivity contribution >= 4 is 56.4 Å². The highest BCUT2D eigenvalue weighted by atomic mass is 35.6. The van der Waals surface area contributed by atoms with Crippen molar-refractivity contribution in [1.29, 1.82) is 0 Å². The Morgan fingerprint density at radius 3 is 1.86 bits per heavy atom. The summed E-state index contributed by atoms with van der Waals surface area (Å²) in [7, 11) is 3.85. The predicted molar refractivity (Wildman–Crippen MR) is 111 cm³/mol. The zero-order chi connectivity index (χ0) is 16.8. The van der Waals surface area contributed by atoms with Crippen molar-refractivity contribution < 1.29 is 0 Å². The van der Waals surface area contributed by atoms with Crippen molar-refractivity contribution in [3.8, 4) is 0 Å². The largest absolute Gasteiger partial charge is 0.191 e. The zero-order valence-corrected chi connectivity index (χ0v) is 18.3. The van der Waals surface area contributed by atoms with E-state index in [4.69, 9.17) is 34.8 Å². The third kappa shape index (κ3) is 14.0. The molecule has 0 amide bonds. The van der Waals surface area contributed by atoms with Gasteiger partial charge in [0.15, 0.2) is 3.79 Å². The van der Waals surface area contributed by atoms with E-state index in [1.807, 2.05) is 21.6 Å². The van der Waals surface area contributed by atoms with Crippen LogP contribution in [0.25, 0.3) is 0 Å². The molecular formula is C17H33Cl3S2. The molecule has 0 aliphatic rings. The molecule has 1 unspecified atom stereocenters. The van der Waals surface area contributed by atoms with E-state index in [0.717, 1.165) is 5.75 Å². The van der Waals surface area contributed by atoms with Crippen LogP contribution in [0.4, 0.5) is 0 Å². The molecule has 0 aromatic heterocycles. The first-order valence-electron chi connectivity index (χ1n) is 8.79. The van der Waals surface area contributed by atoms with Crippen LogP contribution in [0.1, 0.15) is 85.0 Å². The van der Waals surface area contributed by atoms with E-state index in [1.165, 1.54) is 57.8 Å². The molecule has 0 aliphatic heterocycles. The molecule has 0 heterocycles. The topological polar surface area (TPSA) is 0 Å². The number of alkyl halides is 3. The first-order chi connectivity index (χ1) is 10.4. The Morgan fingerprint density at radius 2 is 1.36 bits per heavy atom. The standard InChI is InChI=1S/C17H33Cl3S2/c1-4-7-9-11-13-15(12-10-8-5-2)16(22-21-6-3)14-17(18,19)20/h15-16H,4-14H2,1-3H3/t15?,16-/m1/s1. The number of rotatable bonds is 14. The van der Waals surface area contributed by atoms with E-state index in [2.05, 4.69) is 20.8 Å². The molecular weight excluding hydrogens is 375 g/mol. The van der Waals surface area contributed by atoms with E-state index in [-0.39, 0.29) is 0 Å². The van der Waals surface area contributed by atoms with Crippen LogP contribution in [0.15, 0.2) is 0 Å². The summed E-state index contributed by atoms with van der Waals surface area (Å²) in [5.74, 6) is 1.79. The number of hydrogen-bond acceptors (Lipinski definition) is 2. The van der Waals surface area contributed by atoms with Crippen molar-refractivity contribution in [3.05, 3.63) is 0 Å². The molecule has 0 saturated heterocycles. The van der Waals surface area contributed by atoms with Gasteiger partial charge < -0.3 is 0 Å². The Bertz CT molecular complexity index is 245. The third-order valence-corrected chi connectivity index (χ3v) is 7.37. The minimum Gasteiger partial charge on any atom is -0.0942 e. The van der Waals surface area contributed by atoms with E-state index in [0.29, 0.717) is 17.6 Å². The second-order valence-corrected chi connectivity index (χ2v) is 11.4. The molecule has 0 nitrogen and oxygen atoms in total. The lowest BCUT2D eigenvalue weighted by atomic mass is 9.90. The second kappa shape index (κ2) is 14.9. The molecule has 0 N–H and O–H groups in total. The van der Waals surface area contributed by atoms with E-state index in [1.54, 1.807) is 0 Å². The molecule has 0 saturated carbocycles. The molecule has 0 aromatic carbocycles. The Morgan fingerprint density at radius 1 is 0.818 bits per heavy atom. The van der Waals surface area contributed by atoms with Gasteiger partial charge >= 0.3 is 0 Å². The SMILES string of the molecule is CCCCCCC(CCCCC)[C@@H](CC(Cl)(Cl)Cl)SSCC. The molecule has 0 fully saturated rings. The molecule has 0 bridgehead atoms. The number of hydrogen-bond donors (Lipinski definition) is 0. The minimum atomic E-state index is -1.13. The average molecular weight is 408 g/mol. The van der Waals surface area contributed by atoms with E-state index < -0.39 is 3.79 Å². The lowest BCUT2D eigenvalue weighted by molar-refractivity contribution is 0.388. The van der Waals surface area contributed by atoms with Crippen LogP contribution in [0.3, 0.4) is 0 Å². The van der Waals surface area contributed by atoms with Crippen LogP contribution in [0.2, 0.25) is 0 Å². The zero-order valence-electron chi connectivity index (χ0n) is 14.4. The lowest BCUT2D eigenvalue weighted by Crippen LogP contribution is -2.23. The van der Waals surface area contributed by atoms with Crippen LogP contribution >= 0.6 is 56.4 Å². The molecule has 0 aromatic rings.